The van der Waals surface area contributed by atoms with E-state index in [1.165, 1.54) is 0 Å². The van der Waals surface area contributed by atoms with Crippen LogP contribution in [0.4, 0.5) is 0 Å². The lowest BCUT2D eigenvalue weighted by Crippen LogP contribution is -2.56. The van der Waals surface area contributed by atoms with Crippen LogP contribution < -0.4 is 16.8 Å². The Morgan fingerprint density at radius 2 is 2.00 bits per heavy atom. The Morgan fingerprint density at radius 1 is 1.37 bits per heavy atom. The van der Waals surface area contributed by atoms with Gasteiger partial charge in [0.05, 0.1) is 0 Å². The van der Waals surface area contributed by atoms with Crippen LogP contribution in [0, 0.1) is 11.3 Å². The normalized spacial score (nSPS) is 26.6. The first-order chi connectivity index (χ1) is 8.92. The Labute approximate surface area is 112 Å². The van der Waals surface area contributed by atoms with Gasteiger partial charge < -0.3 is 22.0 Å². The third kappa shape index (κ3) is 3.59. The van der Waals surface area contributed by atoms with Crippen LogP contribution in [0.25, 0.3) is 0 Å². The summed E-state index contributed by atoms with van der Waals surface area (Å²) in [6, 6.07) is 0. The summed E-state index contributed by atoms with van der Waals surface area (Å²) in [4.78, 5) is 22.7. The van der Waals surface area contributed by atoms with Crippen molar-refractivity contribution in [3.63, 3.8) is 0 Å². The first-order valence-electron chi connectivity index (χ1n) is 6.47. The van der Waals surface area contributed by atoms with E-state index < -0.39 is 5.41 Å². The average molecular weight is 270 g/mol. The lowest BCUT2D eigenvalue weighted by molar-refractivity contribution is -0.133. The molecule has 1 aliphatic rings. The summed E-state index contributed by atoms with van der Waals surface area (Å²) >= 11 is 0. The van der Waals surface area contributed by atoms with Gasteiger partial charge in [0.1, 0.15) is 5.41 Å². The van der Waals surface area contributed by atoms with Gasteiger partial charge in [-0.15, -0.1) is 0 Å². The molecule has 0 spiro atoms. The fourth-order valence-corrected chi connectivity index (χ4v) is 2.53. The minimum absolute atomic E-state index is 0.0276. The van der Waals surface area contributed by atoms with Gasteiger partial charge in [0.2, 0.25) is 11.8 Å². The summed E-state index contributed by atoms with van der Waals surface area (Å²) in [6.45, 7) is 2.48. The SMILES string of the molecule is CC1CC(C(=O)NCCCCC(N)=O)(C(N)=NO)C1. The molecule has 19 heavy (non-hydrogen) atoms. The Balaban J connectivity index is 2.40. The number of hydrogen-bond acceptors (Lipinski definition) is 4. The fraction of sp³-hybridized carbons (Fsp3) is 0.750. The van der Waals surface area contributed by atoms with Crippen LogP contribution in [0.2, 0.25) is 0 Å². The Kier molecular flexibility index (Phi) is 5.14. The van der Waals surface area contributed by atoms with Crippen LogP contribution in [0.3, 0.4) is 0 Å². The number of nitrogens with one attached hydrogen (secondary N) is 1. The molecule has 0 aliphatic heterocycles. The molecule has 108 valence electrons. The van der Waals surface area contributed by atoms with Gasteiger partial charge in [0.25, 0.3) is 0 Å². The minimum atomic E-state index is -0.863. The van der Waals surface area contributed by atoms with Crippen LogP contribution in [-0.4, -0.2) is 29.4 Å². The van der Waals surface area contributed by atoms with E-state index in [-0.39, 0.29) is 17.6 Å². The van der Waals surface area contributed by atoms with Crippen molar-refractivity contribution in [2.45, 2.75) is 39.0 Å². The van der Waals surface area contributed by atoms with E-state index in [2.05, 4.69) is 10.5 Å². The molecule has 0 radical (unpaired) electrons. The van der Waals surface area contributed by atoms with Crippen LogP contribution in [0.15, 0.2) is 5.16 Å². The van der Waals surface area contributed by atoms with Gasteiger partial charge in [0.15, 0.2) is 5.84 Å². The van der Waals surface area contributed by atoms with Gasteiger partial charge in [-0.3, -0.25) is 9.59 Å². The number of oxime groups is 1. The van der Waals surface area contributed by atoms with E-state index >= 15 is 0 Å². The first-order valence-corrected chi connectivity index (χ1v) is 6.47. The van der Waals surface area contributed by atoms with E-state index in [1.54, 1.807) is 0 Å². The highest BCUT2D eigenvalue weighted by molar-refractivity contribution is 6.07. The van der Waals surface area contributed by atoms with E-state index in [0.29, 0.717) is 44.6 Å². The Hall–Kier alpha value is -1.79. The molecule has 1 fully saturated rings. The number of amides is 2. The maximum absolute atomic E-state index is 12.1. The quantitative estimate of drug-likeness (QED) is 0.169. The van der Waals surface area contributed by atoms with Gasteiger partial charge in [-0.05, 0) is 31.6 Å². The second-order valence-corrected chi connectivity index (χ2v) is 5.26. The molecular formula is C12H22N4O3. The zero-order valence-electron chi connectivity index (χ0n) is 11.2. The summed E-state index contributed by atoms with van der Waals surface area (Å²) in [6.07, 6.45) is 2.82. The van der Waals surface area contributed by atoms with Crippen molar-refractivity contribution in [3.05, 3.63) is 0 Å². The predicted molar refractivity (Wildman–Crippen MR) is 70.3 cm³/mol. The molecule has 1 aliphatic carbocycles. The Bertz CT molecular complexity index is 375. The minimum Gasteiger partial charge on any atom is -0.409 e. The summed E-state index contributed by atoms with van der Waals surface area (Å²) in [7, 11) is 0. The number of carbonyl (C=O) groups excluding carboxylic acids is 2. The third-order valence-electron chi connectivity index (χ3n) is 3.56. The highest BCUT2D eigenvalue weighted by atomic mass is 16.4. The molecule has 0 saturated heterocycles. The smallest absolute Gasteiger partial charge is 0.233 e. The molecule has 0 bridgehead atoms. The topological polar surface area (TPSA) is 131 Å². The van der Waals surface area contributed by atoms with Gasteiger partial charge in [0, 0.05) is 13.0 Å². The molecule has 0 heterocycles. The maximum Gasteiger partial charge on any atom is 0.233 e. The van der Waals surface area contributed by atoms with Gasteiger partial charge in [-0.2, -0.15) is 0 Å². The number of rotatable bonds is 7. The van der Waals surface area contributed by atoms with E-state index in [4.69, 9.17) is 16.7 Å². The van der Waals surface area contributed by atoms with Crippen LogP contribution >= 0.6 is 0 Å². The zero-order chi connectivity index (χ0) is 14.5. The van der Waals surface area contributed by atoms with Crippen molar-refractivity contribution < 1.29 is 14.8 Å². The molecule has 7 nitrogen and oxygen atoms in total. The molecule has 0 atom stereocenters. The van der Waals surface area contributed by atoms with Crippen molar-refractivity contribution in [1.82, 2.24) is 5.32 Å². The fourth-order valence-electron chi connectivity index (χ4n) is 2.53. The number of unbranched alkanes of at least 4 members (excludes halogenated alkanes) is 1. The molecule has 0 aromatic rings. The third-order valence-corrected chi connectivity index (χ3v) is 3.56. The second-order valence-electron chi connectivity index (χ2n) is 5.26. The lowest BCUT2D eigenvalue weighted by atomic mass is 9.61. The second kappa shape index (κ2) is 6.40. The highest BCUT2D eigenvalue weighted by Gasteiger charge is 2.51. The molecule has 1 saturated carbocycles. The van der Waals surface area contributed by atoms with E-state index in [1.807, 2.05) is 6.92 Å². The average Bonchev–Trinajstić information content (AvgIpc) is 2.32. The zero-order valence-corrected chi connectivity index (χ0v) is 11.2. The van der Waals surface area contributed by atoms with E-state index in [9.17, 15) is 9.59 Å². The predicted octanol–water partition coefficient (Wildman–Crippen LogP) is -0.0791. The van der Waals surface area contributed by atoms with Gasteiger partial charge in [-0.25, -0.2) is 0 Å². The maximum atomic E-state index is 12.1. The van der Waals surface area contributed by atoms with Crippen molar-refractivity contribution in [2.75, 3.05) is 6.54 Å². The standard InChI is InChI=1S/C12H22N4O3/c1-8-6-12(7-8,10(14)16-19)11(18)15-5-3-2-4-9(13)17/h8,19H,2-7H2,1H3,(H2,13,17)(H2,14,16)(H,15,18). The number of nitrogens with two attached hydrogens (primary N) is 2. The molecule has 2 amide bonds. The molecule has 7 heteroatoms. The molecular weight excluding hydrogens is 248 g/mol. The Morgan fingerprint density at radius 3 is 2.47 bits per heavy atom. The highest BCUT2D eigenvalue weighted by Crippen LogP contribution is 2.45. The summed E-state index contributed by atoms with van der Waals surface area (Å²) in [5.41, 5.74) is 9.78. The van der Waals surface area contributed by atoms with Crippen LogP contribution in [0.1, 0.15) is 39.0 Å². The van der Waals surface area contributed by atoms with Crippen molar-refractivity contribution in [3.8, 4) is 0 Å². The number of nitrogens with zero attached hydrogens (tertiary/aromatic N) is 1. The monoisotopic (exact) mass is 270 g/mol. The molecule has 6 N–H and O–H groups in total. The summed E-state index contributed by atoms with van der Waals surface area (Å²) < 4.78 is 0. The van der Waals surface area contributed by atoms with Gasteiger partial charge in [-0.1, -0.05) is 12.1 Å². The van der Waals surface area contributed by atoms with Gasteiger partial charge >= 0.3 is 0 Å². The number of carbonyl (C=O) groups is 2. The lowest BCUT2D eigenvalue weighted by Gasteiger charge is -2.43. The van der Waals surface area contributed by atoms with E-state index in [0.717, 1.165) is 0 Å². The molecule has 0 unspecified atom stereocenters. The van der Waals surface area contributed by atoms with Crippen LogP contribution in [-0.2, 0) is 9.59 Å². The van der Waals surface area contributed by atoms with Crippen LogP contribution in [0.5, 0.6) is 0 Å². The number of primary amides is 1. The number of hydrogen-bond donors (Lipinski definition) is 4. The largest absolute Gasteiger partial charge is 0.409 e. The molecule has 0 aromatic heterocycles. The van der Waals surface area contributed by atoms with Crippen molar-refractivity contribution >= 4 is 17.6 Å². The first kappa shape index (κ1) is 15.3. The number of amidine groups is 1. The summed E-state index contributed by atoms with van der Waals surface area (Å²) in [5, 5.41) is 14.5. The summed E-state index contributed by atoms with van der Waals surface area (Å²) in [5.74, 6) is -0.187. The van der Waals surface area contributed by atoms with Crippen molar-refractivity contribution in [1.29, 1.82) is 0 Å². The van der Waals surface area contributed by atoms with Crippen molar-refractivity contribution in [2.24, 2.45) is 28.0 Å². The molecule has 0 aromatic carbocycles. The molecule has 1 rings (SSSR count).